The number of fused-ring (bicyclic) bond motifs is 1. The highest BCUT2D eigenvalue weighted by Gasteiger charge is 2.71. The molecular formula is C22H23N5O3. The number of carbonyl (C=O) groups excluding carboxylic acids is 2. The largest absolute Gasteiger partial charge is 0.391 e. The Morgan fingerprint density at radius 2 is 2.07 bits per heavy atom. The van der Waals surface area contributed by atoms with Gasteiger partial charge in [-0.1, -0.05) is 30.3 Å². The van der Waals surface area contributed by atoms with Crippen LogP contribution in [-0.2, 0) is 4.79 Å². The number of amides is 2. The first-order valence-corrected chi connectivity index (χ1v) is 10.1. The van der Waals surface area contributed by atoms with E-state index < -0.39 is 11.5 Å². The molecule has 1 spiro atoms. The summed E-state index contributed by atoms with van der Waals surface area (Å²) >= 11 is 0. The monoisotopic (exact) mass is 405 g/mol. The fourth-order valence-electron chi connectivity index (χ4n) is 5.10. The first-order valence-electron chi connectivity index (χ1n) is 10.1. The van der Waals surface area contributed by atoms with Crippen LogP contribution in [-0.4, -0.2) is 61.9 Å². The molecule has 2 amide bonds. The maximum Gasteiger partial charge on any atom is 0.274 e. The van der Waals surface area contributed by atoms with Gasteiger partial charge in [0.2, 0.25) is 11.7 Å². The SMILES string of the molecule is CC(=O)NC[C@@H]1[C@@H](c2ccccc2)[C@]12CN(C(=O)c1cn3cccnc3n1)C[C@@H]2O. The molecule has 1 aromatic carbocycles. The lowest BCUT2D eigenvalue weighted by Crippen LogP contribution is -2.30. The van der Waals surface area contributed by atoms with Gasteiger partial charge in [-0.05, 0) is 23.5 Å². The molecule has 2 N–H and O–H groups in total. The summed E-state index contributed by atoms with van der Waals surface area (Å²) in [5.41, 5.74) is 0.975. The molecule has 8 nitrogen and oxygen atoms in total. The number of rotatable bonds is 4. The van der Waals surface area contributed by atoms with Crippen LogP contribution in [0.1, 0.15) is 28.9 Å². The van der Waals surface area contributed by atoms with Crippen LogP contribution >= 0.6 is 0 Å². The number of β-amino-alcohol motifs (C(OH)–C–C–N with tert-alkyl or cyclic N) is 1. The van der Waals surface area contributed by atoms with E-state index in [1.807, 2.05) is 30.3 Å². The quantitative estimate of drug-likeness (QED) is 0.677. The summed E-state index contributed by atoms with van der Waals surface area (Å²) < 4.78 is 1.71. The molecule has 2 aromatic heterocycles. The number of nitrogens with one attached hydrogen (secondary N) is 1. The first kappa shape index (κ1) is 18.7. The zero-order valence-electron chi connectivity index (χ0n) is 16.6. The zero-order valence-corrected chi connectivity index (χ0v) is 16.6. The molecule has 3 heterocycles. The number of nitrogens with zero attached hydrogens (tertiary/aromatic N) is 4. The second-order valence-corrected chi connectivity index (χ2v) is 8.20. The number of hydrogen-bond donors (Lipinski definition) is 2. The van der Waals surface area contributed by atoms with Gasteiger partial charge in [0.25, 0.3) is 5.91 Å². The van der Waals surface area contributed by atoms with Crippen LogP contribution in [0.15, 0.2) is 55.0 Å². The molecule has 154 valence electrons. The molecule has 30 heavy (non-hydrogen) atoms. The molecule has 5 rings (SSSR count). The molecule has 1 aliphatic heterocycles. The summed E-state index contributed by atoms with van der Waals surface area (Å²) in [6.07, 6.45) is 4.42. The summed E-state index contributed by atoms with van der Waals surface area (Å²) in [4.78, 5) is 34.8. The molecule has 4 atom stereocenters. The van der Waals surface area contributed by atoms with E-state index in [0.29, 0.717) is 24.6 Å². The normalized spacial score (nSPS) is 27.5. The van der Waals surface area contributed by atoms with Crippen LogP contribution in [0, 0.1) is 11.3 Å². The number of imidazole rings is 1. The second kappa shape index (κ2) is 6.91. The number of benzene rings is 1. The first-order chi connectivity index (χ1) is 14.5. The molecular weight excluding hydrogens is 382 g/mol. The number of aliphatic hydroxyl groups is 1. The molecule has 2 fully saturated rings. The van der Waals surface area contributed by atoms with Crippen molar-refractivity contribution in [2.24, 2.45) is 11.3 Å². The maximum atomic E-state index is 13.1. The number of aromatic nitrogens is 3. The molecule has 0 unspecified atom stereocenters. The molecule has 1 aliphatic carbocycles. The summed E-state index contributed by atoms with van der Waals surface area (Å²) in [5.74, 6) is 0.308. The molecule has 2 aliphatic rings. The van der Waals surface area contributed by atoms with Crippen LogP contribution in [0.25, 0.3) is 5.78 Å². The van der Waals surface area contributed by atoms with Crippen LogP contribution in [0.2, 0.25) is 0 Å². The lowest BCUT2D eigenvalue weighted by Gasteiger charge is -2.16. The molecule has 3 aromatic rings. The van der Waals surface area contributed by atoms with Crippen molar-refractivity contribution in [2.75, 3.05) is 19.6 Å². The van der Waals surface area contributed by atoms with Crippen LogP contribution in [0.5, 0.6) is 0 Å². The van der Waals surface area contributed by atoms with Gasteiger partial charge in [-0.2, -0.15) is 0 Å². The zero-order chi connectivity index (χ0) is 20.9. The Hall–Kier alpha value is -3.26. The lowest BCUT2D eigenvalue weighted by atomic mass is 9.95. The van der Waals surface area contributed by atoms with Gasteiger partial charge in [0.15, 0.2) is 0 Å². The predicted octanol–water partition coefficient (Wildman–Crippen LogP) is 1.08. The van der Waals surface area contributed by atoms with Crippen LogP contribution in [0.4, 0.5) is 0 Å². The van der Waals surface area contributed by atoms with Gasteiger partial charge < -0.3 is 15.3 Å². The number of likely N-dealkylation sites (tertiary alicyclic amines) is 1. The highest BCUT2D eigenvalue weighted by Crippen LogP contribution is 2.68. The highest BCUT2D eigenvalue weighted by atomic mass is 16.3. The standard InChI is InChI=1S/C22H23N5O3/c1-14(28)24-10-16-19(15-6-3-2-4-7-15)22(16)13-27(12-18(22)29)20(30)17-11-26-9-5-8-23-21(26)25-17/h2-9,11,16,18-19,29H,10,12-13H2,1H3,(H,24,28)/t16-,18+,19-,22-/m1/s1. The maximum absolute atomic E-state index is 13.1. The van der Waals surface area contributed by atoms with Crippen molar-refractivity contribution in [2.45, 2.75) is 18.9 Å². The van der Waals surface area contributed by atoms with E-state index in [2.05, 4.69) is 15.3 Å². The van der Waals surface area contributed by atoms with E-state index in [-0.39, 0.29) is 30.2 Å². The van der Waals surface area contributed by atoms with Crippen molar-refractivity contribution in [1.82, 2.24) is 24.6 Å². The Labute approximate surface area is 173 Å². The Bertz CT molecular complexity index is 1080. The van der Waals surface area contributed by atoms with Crippen molar-refractivity contribution in [3.05, 3.63) is 66.2 Å². The van der Waals surface area contributed by atoms with E-state index in [0.717, 1.165) is 5.56 Å². The Balaban J connectivity index is 1.42. The van der Waals surface area contributed by atoms with Crippen LogP contribution < -0.4 is 5.32 Å². The van der Waals surface area contributed by atoms with E-state index in [4.69, 9.17) is 0 Å². The summed E-state index contributed by atoms with van der Waals surface area (Å²) in [6.45, 7) is 2.65. The number of aliphatic hydroxyl groups excluding tert-OH is 1. The molecule has 0 bridgehead atoms. The number of hydrogen-bond acceptors (Lipinski definition) is 5. The average Bonchev–Trinajstić information content (AvgIpc) is 3.01. The summed E-state index contributed by atoms with van der Waals surface area (Å²) in [6, 6.07) is 11.8. The second-order valence-electron chi connectivity index (χ2n) is 8.20. The van der Waals surface area contributed by atoms with E-state index in [9.17, 15) is 14.7 Å². The van der Waals surface area contributed by atoms with Crippen molar-refractivity contribution in [1.29, 1.82) is 0 Å². The Kier molecular flexibility index (Phi) is 4.32. The molecule has 1 saturated heterocycles. The predicted molar refractivity (Wildman–Crippen MR) is 109 cm³/mol. The van der Waals surface area contributed by atoms with Gasteiger partial charge in [0.1, 0.15) is 5.69 Å². The summed E-state index contributed by atoms with van der Waals surface area (Å²) in [5, 5.41) is 13.9. The van der Waals surface area contributed by atoms with Gasteiger partial charge >= 0.3 is 0 Å². The molecule has 0 radical (unpaired) electrons. The third kappa shape index (κ3) is 2.87. The van der Waals surface area contributed by atoms with Crippen molar-refractivity contribution in [3.8, 4) is 0 Å². The van der Waals surface area contributed by atoms with E-state index in [1.165, 1.54) is 6.92 Å². The fourth-order valence-corrected chi connectivity index (χ4v) is 5.10. The van der Waals surface area contributed by atoms with Crippen molar-refractivity contribution >= 4 is 17.6 Å². The average molecular weight is 405 g/mol. The van der Waals surface area contributed by atoms with Gasteiger partial charge in [0.05, 0.1) is 6.10 Å². The smallest absolute Gasteiger partial charge is 0.274 e. The van der Waals surface area contributed by atoms with Crippen molar-refractivity contribution < 1.29 is 14.7 Å². The molecule has 1 saturated carbocycles. The van der Waals surface area contributed by atoms with Crippen LogP contribution in [0.3, 0.4) is 0 Å². The van der Waals surface area contributed by atoms with Gasteiger partial charge in [-0.25, -0.2) is 9.97 Å². The summed E-state index contributed by atoms with van der Waals surface area (Å²) in [7, 11) is 0. The van der Waals surface area contributed by atoms with Gasteiger partial charge in [-0.15, -0.1) is 0 Å². The van der Waals surface area contributed by atoms with E-state index in [1.54, 1.807) is 34.0 Å². The fraction of sp³-hybridized carbons (Fsp3) is 0.364. The Morgan fingerprint density at radius 3 is 2.80 bits per heavy atom. The number of carbonyl (C=O) groups is 2. The van der Waals surface area contributed by atoms with Crippen molar-refractivity contribution in [3.63, 3.8) is 0 Å². The topological polar surface area (TPSA) is 99.8 Å². The molecule has 8 heteroatoms. The minimum absolute atomic E-state index is 0.0688. The third-order valence-electron chi connectivity index (χ3n) is 6.51. The minimum atomic E-state index is -0.666. The minimum Gasteiger partial charge on any atom is -0.391 e. The third-order valence-corrected chi connectivity index (χ3v) is 6.51. The Morgan fingerprint density at radius 1 is 1.27 bits per heavy atom. The lowest BCUT2D eigenvalue weighted by molar-refractivity contribution is -0.119. The van der Waals surface area contributed by atoms with Gasteiger partial charge in [-0.3, -0.25) is 14.0 Å². The highest BCUT2D eigenvalue weighted by molar-refractivity contribution is 5.93. The van der Waals surface area contributed by atoms with E-state index >= 15 is 0 Å². The van der Waals surface area contributed by atoms with Gasteiger partial charge in [0, 0.05) is 50.6 Å².